The number of hydrogen-bond donors (Lipinski definition) is 2. The molecule has 0 saturated carbocycles. The lowest BCUT2D eigenvalue weighted by molar-refractivity contribution is -0.120. The molecule has 0 aliphatic heterocycles. The standard InChI is InChI=1S/C8H18N2O2S/c1-7(3-5-9)13(12)6-4-8(11)10-2/h7H,3-6,9H2,1-2H3,(H,10,11). The summed E-state index contributed by atoms with van der Waals surface area (Å²) in [6.07, 6.45) is 1.08. The van der Waals surface area contributed by atoms with Crippen molar-refractivity contribution in [2.45, 2.75) is 25.0 Å². The Bertz CT molecular complexity index is 185. The zero-order valence-corrected chi connectivity index (χ0v) is 9.02. The van der Waals surface area contributed by atoms with E-state index in [1.807, 2.05) is 6.92 Å². The summed E-state index contributed by atoms with van der Waals surface area (Å²) in [6, 6.07) is 0. The lowest BCUT2D eigenvalue weighted by atomic mass is 10.3. The minimum atomic E-state index is -0.928. The maximum absolute atomic E-state index is 11.4. The van der Waals surface area contributed by atoms with Crippen LogP contribution in [0.25, 0.3) is 0 Å². The number of nitrogens with one attached hydrogen (secondary N) is 1. The molecular formula is C8H18N2O2S. The van der Waals surface area contributed by atoms with E-state index in [9.17, 15) is 9.00 Å². The van der Waals surface area contributed by atoms with E-state index in [2.05, 4.69) is 5.32 Å². The molecule has 0 aliphatic rings. The van der Waals surface area contributed by atoms with Crippen molar-refractivity contribution in [2.24, 2.45) is 5.73 Å². The van der Waals surface area contributed by atoms with Crippen molar-refractivity contribution in [3.63, 3.8) is 0 Å². The Kier molecular flexibility index (Phi) is 6.80. The molecule has 0 radical (unpaired) electrons. The van der Waals surface area contributed by atoms with E-state index >= 15 is 0 Å². The van der Waals surface area contributed by atoms with Crippen LogP contribution in [0.3, 0.4) is 0 Å². The molecule has 0 rings (SSSR count). The van der Waals surface area contributed by atoms with E-state index in [-0.39, 0.29) is 11.2 Å². The largest absolute Gasteiger partial charge is 0.359 e. The van der Waals surface area contributed by atoms with E-state index in [4.69, 9.17) is 5.73 Å². The van der Waals surface area contributed by atoms with Gasteiger partial charge in [-0.2, -0.15) is 0 Å². The fraction of sp³-hybridized carbons (Fsp3) is 0.875. The van der Waals surface area contributed by atoms with Crippen LogP contribution in [0.15, 0.2) is 0 Å². The molecular weight excluding hydrogens is 188 g/mol. The van der Waals surface area contributed by atoms with Crippen LogP contribution in [0.4, 0.5) is 0 Å². The van der Waals surface area contributed by atoms with Gasteiger partial charge in [-0.1, -0.05) is 6.92 Å². The van der Waals surface area contributed by atoms with Gasteiger partial charge in [0.2, 0.25) is 5.91 Å². The van der Waals surface area contributed by atoms with Crippen LogP contribution >= 0.6 is 0 Å². The normalized spacial score (nSPS) is 15.0. The second-order valence-corrected chi connectivity index (χ2v) is 4.87. The van der Waals surface area contributed by atoms with Crippen molar-refractivity contribution >= 4 is 16.7 Å². The van der Waals surface area contributed by atoms with Crippen LogP contribution in [-0.2, 0) is 15.6 Å². The molecule has 2 atom stereocenters. The zero-order chi connectivity index (χ0) is 10.3. The van der Waals surface area contributed by atoms with Gasteiger partial charge in [0.1, 0.15) is 0 Å². The number of hydrogen-bond acceptors (Lipinski definition) is 3. The van der Waals surface area contributed by atoms with Crippen LogP contribution < -0.4 is 11.1 Å². The summed E-state index contributed by atoms with van der Waals surface area (Å²) in [5.74, 6) is 0.370. The molecule has 1 amide bonds. The summed E-state index contributed by atoms with van der Waals surface area (Å²) < 4.78 is 11.4. The molecule has 0 bridgehead atoms. The van der Waals surface area contributed by atoms with Gasteiger partial charge in [-0.05, 0) is 13.0 Å². The highest BCUT2D eigenvalue weighted by molar-refractivity contribution is 7.85. The highest BCUT2D eigenvalue weighted by Gasteiger charge is 2.11. The highest BCUT2D eigenvalue weighted by Crippen LogP contribution is 2.01. The molecule has 0 spiro atoms. The maximum Gasteiger partial charge on any atom is 0.220 e. The molecule has 0 aromatic rings. The van der Waals surface area contributed by atoms with E-state index in [0.717, 1.165) is 6.42 Å². The first kappa shape index (κ1) is 12.6. The molecule has 0 aromatic carbocycles. The van der Waals surface area contributed by atoms with Crippen molar-refractivity contribution in [3.8, 4) is 0 Å². The van der Waals surface area contributed by atoms with Crippen molar-refractivity contribution in [2.75, 3.05) is 19.3 Å². The Hall–Kier alpha value is -0.420. The third-order valence-corrected chi connectivity index (χ3v) is 3.57. The molecule has 5 heteroatoms. The summed E-state index contributed by atoms with van der Waals surface area (Å²) in [5.41, 5.74) is 5.34. The predicted molar refractivity (Wildman–Crippen MR) is 54.8 cm³/mol. The van der Waals surface area contributed by atoms with Gasteiger partial charge < -0.3 is 11.1 Å². The number of carbonyl (C=O) groups is 1. The van der Waals surface area contributed by atoms with Gasteiger partial charge in [0.25, 0.3) is 0 Å². The second kappa shape index (κ2) is 7.03. The van der Waals surface area contributed by atoms with Crippen LogP contribution in [-0.4, -0.2) is 34.7 Å². The van der Waals surface area contributed by atoms with Gasteiger partial charge in [0.15, 0.2) is 0 Å². The third-order valence-electron chi connectivity index (χ3n) is 1.83. The van der Waals surface area contributed by atoms with Gasteiger partial charge in [0.05, 0.1) is 0 Å². The smallest absolute Gasteiger partial charge is 0.220 e. The minimum absolute atomic E-state index is 0.0618. The number of nitrogens with two attached hydrogens (primary N) is 1. The monoisotopic (exact) mass is 206 g/mol. The fourth-order valence-electron chi connectivity index (χ4n) is 0.886. The van der Waals surface area contributed by atoms with Crippen molar-refractivity contribution in [1.82, 2.24) is 5.32 Å². The summed E-state index contributed by atoms with van der Waals surface area (Å²) in [7, 11) is 0.650. The van der Waals surface area contributed by atoms with Crippen molar-refractivity contribution in [3.05, 3.63) is 0 Å². The number of carbonyl (C=O) groups excluding carboxylic acids is 1. The first-order valence-corrected chi connectivity index (χ1v) is 5.77. The molecule has 0 aromatic heterocycles. The first-order chi connectivity index (χ1) is 6.11. The summed E-state index contributed by atoms with van der Waals surface area (Å²) in [6.45, 7) is 2.44. The summed E-state index contributed by atoms with van der Waals surface area (Å²) in [4.78, 5) is 10.8. The quantitative estimate of drug-likeness (QED) is 0.621. The molecule has 13 heavy (non-hydrogen) atoms. The third kappa shape index (κ3) is 5.76. The summed E-state index contributed by atoms with van der Waals surface area (Å²) in [5, 5.41) is 2.59. The predicted octanol–water partition coefficient (Wildman–Crippen LogP) is -0.391. The fourth-order valence-corrected chi connectivity index (χ4v) is 2.07. The lowest BCUT2D eigenvalue weighted by Crippen LogP contribution is -2.23. The second-order valence-electron chi connectivity index (χ2n) is 2.90. The Morgan fingerprint density at radius 2 is 2.23 bits per heavy atom. The average Bonchev–Trinajstić information content (AvgIpc) is 2.13. The van der Waals surface area contributed by atoms with E-state index in [1.54, 1.807) is 7.05 Å². The Labute approximate surface area is 81.7 Å². The van der Waals surface area contributed by atoms with Crippen LogP contribution in [0.5, 0.6) is 0 Å². The Morgan fingerprint density at radius 1 is 1.62 bits per heavy atom. The van der Waals surface area contributed by atoms with Crippen molar-refractivity contribution < 1.29 is 9.00 Å². The van der Waals surface area contributed by atoms with Crippen LogP contribution in [0, 0.1) is 0 Å². The maximum atomic E-state index is 11.4. The van der Waals surface area contributed by atoms with Gasteiger partial charge in [-0.3, -0.25) is 9.00 Å². The van der Waals surface area contributed by atoms with Gasteiger partial charge in [-0.25, -0.2) is 0 Å². The SMILES string of the molecule is CNC(=O)CCS(=O)C(C)CCN. The molecule has 4 nitrogen and oxygen atoms in total. The average molecular weight is 206 g/mol. The highest BCUT2D eigenvalue weighted by atomic mass is 32.2. The molecule has 3 N–H and O–H groups in total. The molecule has 0 heterocycles. The lowest BCUT2D eigenvalue weighted by Gasteiger charge is -2.08. The van der Waals surface area contributed by atoms with Gasteiger partial charge >= 0.3 is 0 Å². The topological polar surface area (TPSA) is 72.2 Å². The van der Waals surface area contributed by atoms with Gasteiger partial charge in [0, 0.05) is 35.3 Å². The molecule has 0 fully saturated rings. The Balaban J connectivity index is 3.67. The Morgan fingerprint density at radius 3 is 2.69 bits per heavy atom. The molecule has 0 saturated heterocycles. The number of amides is 1. The van der Waals surface area contributed by atoms with Crippen molar-refractivity contribution in [1.29, 1.82) is 0 Å². The van der Waals surface area contributed by atoms with Crippen LogP contribution in [0.2, 0.25) is 0 Å². The van der Waals surface area contributed by atoms with Crippen LogP contribution in [0.1, 0.15) is 19.8 Å². The summed E-state index contributed by atoms with van der Waals surface area (Å²) >= 11 is 0. The molecule has 2 unspecified atom stereocenters. The van der Waals surface area contributed by atoms with E-state index in [0.29, 0.717) is 18.7 Å². The minimum Gasteiger partial charge on any atom is -0.359 e. The van der Waals surface area contributed by atoms with E-state index in [1.165, 1.54) is 0 Å². The van der Waals surface area contributed by atoms with E-state index < -0.39 is 10.8 Å². The molecule has 0 aliphatic carbocycles. The first-order valence-electron chi connectivity index (χ1n) is 4.39. The zero-order valence-electron chi connectivity index (χ0n) is 8.21. The number of rotatable bonds is 6. The molecule has 78 valence electrons. The van der Waals surface area contributed by atoms with Gasteiger partial charge in [-0.15, -0.1) is 0 Å².